The fourth-order valence-electron chi connectivity index (χ4n) is 4.19. The molecule has 2 aliphatic heterocycles. The Morgan fingerprint density at radius 1 is 0.963 bits per heavy atom. The topological polar surface area (TPSA) is 35.5 Å². The van der Waals surface area contributed by atoms with Gasteiger partial charge in [-0.3, -0.25) is 4.90 Å². The van der Waals surface area contributed by atoms with E-state index in [4.69, 9.17) is 9.97 Å². The highest BCUT2D eigenvalue weighted by molar-refractivity contribution is 5.46. The summed E-state index contributed by atoms with van der Waals surface area (Å²) in [4.78, 5) is 17.0. The molecule has 4 rings (SSSR count). The summed E-state index contributed by atoms with van der Waals surface area (Å²) < 4.78 is 0. The van der Waals surface area contributed by atoms with Crippen molar-refractivity contribution in [1.29, 1.82) is 0 Å². The van der Waals surface area contributed by atoms with Gasteiger partial charge in [-0.25, -0.2) is 4.98 Å². The van der Waals surface area contributed by atoms with Crippen LogP contribution in [0.3, 0.4) is 0 Å². The number of anilines is 2. The average Bonchev–Trinajstić information content (AvgIpc) is 2.69. The van der Waals surface area contributed by atoms with Gasteiger partial charge in [-0.15, -0.1) is 0 Å². The third kappa shape index (κ3) is 4.59. The lowest BCUT2D eigenvalue weighted by molar-refractivity contribution is 0.248. The van der Waals surface area contributed by atoms with Gasteiger partial charge in [0.1, 0.15) is 5.82 Å². The van der Waals surface area contributed by atoms with Crippen LogP contribution in [0.25, 0.3) is 0 Å². The van der Waals surface area contributed by atoms with Crippen LogP contribution in [0.2, 0.25) is 0 Å². The minimum Gasteiger partial charge on any atom is -0.356 e. The maximum atomic E-state index is 4.95. The van der Waals surface area contributed by atoms with Gasteiger partial charge in [0, 0.05) is 57.6 Å². The Morgan fingerprint density at radius 3 is 2.48 bits per heavy atom. The molecule has 0 radical (unpaired) electrons. The molecule has 0 N–H and O–H groups in total. The quantitative estimate of drug-likeness (QED) is 0.830. The van der Waals surface area contributed by atoms with Gasteiger partial charge < -0.3 is 9.80 Å². The zero-order valence-electron chi connectivity index (χ0n) is 16.6. The number of hydrogen-bond acceptors (Lipinski definition) is 5. The standard InChI is InChI=1S/C22H31N5/c1-18-7-6-10-27(16-18)21-15-19(2)23-22(24-21)26-13-11-25(12-14-26)17-20-8-4-3-5-9-20/h3-5,8-9,15,18H,6-7,10-14,16-17H2,1-2H3. The predicted molar refractivity (Wildman–Crippen MR) is 111 cm³/mol. The van der Waals surface area contributed by atoms with Crippen LogP contribution in [0, 0.1) is 12.8 Å². The number of piperidine rings is 1. The molecule has 1 aromatic heterocycles. The molecule has 27 heavy (non-hydrogen) atoms. The molecule has 5 heteroatoms. The van der Waals surface area contributed by atoms with E-state index in [0.29, 0.717) is 0 Å². The number of rotatable bonds is 4. The van der Waals surface area contributed by atoms with E-state index >= 15 is 0 Å². The summed E-state index contributed by atoms with van der Waals surface area (Å²) in [6.07, 6.45) is 2.59. The number of benzene rings is 1. The molecule has 1 atom stereocenters. The molecule has 2 aromatic rings. The lowest BCUT2D eigenvalue weighted by Crippen LogP contribution is -2.46. The van der Waals surface area contributed by atoms with Crippen LogP contribution in [-0.4, -0.2) is 54.1 Å². The first-order valence-electron chi connectivity index (χ1n) is 10.3. The van der Waals surface area contributed by atoms with Crippen molar-refractivity contribution in [3.05, 3.63) is 47.7 Å². The van der Waals surface area contributed by atoms with Crippen LogP contribution < -0.4 is 9.80 Å². The summed E-state index contributed by atoms with van der Waals surface area (Å²) in [5.74, 6) is 2.76. The lowest BCUT2D eigenvalue weighted by atomic mass is 10.0. The Balaban J connectivity index is 1.40. The Bertz CT molecular complexity index is 740. The maximum Gasteiger partial charge on any atom is 0.227 e. The number of nitrogens with zero attached hydrogens (tertiary/aromatic N) is 5. The predicted octanol–water partition coefficient (Wildman–Crippen LogP) is 3.34. The fraction of sp³-hybridized carbons (Fsp3) is 0.545. The van der Waals surface area contributed by atoms with Gasteiger partial charge in [-0.1, -0.05) is 37.3 Å². The van der Waals surface area contributed by atoms with E-state index in [1.54, 1.807) is 0 Å². The Morgan fingerprint density at radius 2 is 1.74 bits per heavy atom. The van der Waals surface area contributed by atoms with Crippen molar-refractivity contribution < 1.29 is 0 Å². The Kier molecular flexibility index (Phi) is 5.58. The molecule has 0 bridgehead atoms. The highest BCUT2D eigenvalue weighted by atomic mass is 15.3. The van der Waals surface area contributed by atoms with E-state index in [0.717, 1.165) is 69.2 Å². The first-order chi connectivity index (χ1) is 13.2. The van der Waals surface area contributed by atoms with Gasteiger partial charge in [-0.05, 0) is 31.2 Å². The zero-order chi connectivity index (χ0) is 18.6. The van der Waals surface area contributed by atoms with Crippen molar-refractivity contribution in [3.63, 3.8) is 0 Å². The number of aromatic nitrogens is 2. The summed E-state index contributed by atoms with van der Waals surface area (Å²) in [6.45, 7) is 11.8. The molecule has 2 saturated heterocycles. The van der Waals surface area contributed by atoms with Gasteiger partial charge in [0.15, 0.2) is 0 Å². The largest absolute Gasteiger partial charge is 0.356 e. The molecule has 5 nitrogen and oxygen atoms in total. The van der Waals surface area contributed by atoms with Crippen molar-refractivity contribution in [1.82, 2.24) is 14.9 Å². The summed E-state index contributed by atoms with van der Waals surface area (Å²) in [6, 6.07) is 12.9. The first-order valence-corrected chi connectivity index (χ1v) is 10.3. The van der Waals surface area contributed by atoms with Gasteiger partial charge in [0.2, 0.25) is 5.95 Å². The second-order valence-corrected chi connectivity index (χ2v) is 8.11. The van der Waals surface area contributed by atoms with Crippen molar-refractivity contribution in [2.24, 2.45) is 5.92 Å². The van der Waals surface area contributed by atoms with E-state index in [-0.39, 0.29) is 0 Å². The number of piperazine rings is 1. The number of aryl methyl sites for hydroxylation is 1. The fourth-order valence-corrected chi connectivity index (χ4v) is 4.19. The summed E-state index contributed by atoms with van der Waals surface area (Å²) in [5.41, 5.74) is 2.46. The van der Waals surface area contributed by atoms with Crippen molar-refractivity contribution in [3.8, 4) is 0 Å². The van der Waals surface area contributed by atoms with E-state index < -0.39 is 0 Å². The molecule has 3 heterocycles. The van der Waals surface area contributed by atoms with Crippen LogP contribution in [-0.2, 0) is 6.54 Å². The SMILES string of the molecule is Cc1cc(N2CCCC(C)C2)nc(N2CCN(Cc3ccccc3)CC2)n1. The van der Waals surface area contributed by atoms with Gasteiger partial charge >= 0.3 is 0 Å². The highest BCUT2D eigenvalue weighted by Crippen LogP contribution is 2.24. The molecular weight excluding hydrogens is 334 g/mol. The minimum absolute atomic E-state index is 0.749. The smallest absolute Gasteiger partial charge is 0.227 e. The first kappa shape index (κ1) is 18.2. The zero-order valence-corrected chi connectivity index (χ0v) is 16.6. The van der Waals surface area contributed by atoms with Gasteiger partial charge in [-0.2, -0.15) is 4.98 Å². The van der Waals surface area contributed by atoms with Crippen LogP contribution in [0.5, 0.6) is 0 Å². The van der Waals surface area contributed by atoms with Crippen LogP contribution in [0.15, 0.2) is 36.4 Å². The van der Waals surface area contributed by atoms with Crippen LogP contribution in [0.4, 0.5) is 11.8 Å². The second-order valence-electron chi connectivity index (χ2n) is 8.11. The average molecular weight is 366 g/mol. The summed E-state index contributed by atoms with van der Waals surface area (Å²) >= 11 is 0. The molecule has 2 fully saturated rings. The Labute approximate surface area is 163 Å². The van der Waals surface area contributed by atoms with E-state index in [9.17, 15) is 0 Å². The maximum absolute atomic E-state index is 4.95. The molecule has 144 valence electrons. The van der Waals surface area contributed by atoms with Crippen molar-refractivity contribution >= 4 is 11.8 Å². The molecule has 1 unspecified atom stereocenters. The molecule has 0 spiro atoms. The minimum atomic E-state index is 0.749. The van der Waals surface area contributed by atoms with Gasteiger partial charge in [0.25, 0.3) is 0 Å². The van der Waals surface area contributed by atoms with E-state index in [2.05, 4.69) is 64.9 Å². The third-order valence-electron chi connectivity index (χ3n) is 5.71. The lowest BCUT2D eigenvalue weighted by Gasteiger charge is -2.36. The molecule has 0 saturated carbocycles. The second kappa shape index (κ2) is 8.26. The van der Waals surface area contributed by atoms with Crippen LogP contribution >= 0.6 is 0 Å². The highest BCUT2D eigenvalue weighted by Gasteiger charge is 2.22. The third-order valence-corrected chi connectivity index (χ3v) is 5.71. The van der Waals surface area contributed by atoms with E-state index in [1.165, 1.54) is 18.4 Å². The monoisotopic (exact) mass is 365 g/mol. The molecule has 2 aliphatic rings. The molecular formula is C22H31N5. The Hall–Kier alpha value is -2.14. The summed E-state index contributed by atoms with van der Waals surface area (Å²) in [7, 11) is 0. The normalized spacial score (nSPS) is 21.5. The van der Waals surface area contributed by atoms with Gasteiger partial charge in [0.05, 0.1) is 0 Å². The number of hydrogen-bond donors (Lipinski definition) is 0. The van der Waals surface area contributed by atoms with Crippen molar-refractivity contribution in [2.75, 3.05) is 49.1 Å². The molecule has 1 aromatic carbocycles. The van der Waals surface area contributed by atoms with Crippen molar-refractivity contribution in [2.45, 2.75) is 33.2 Å². The van der Waals surface area contributed by atoms with Crippen LogP contribution in [0.1, 0.15) is 31.0 Å². The molecule has 0 amide bonds. The summed E-state index contributed by atoms with van der Waals surface area (Å²) in [5, 5.41) is 0. The molecule has 0 aliphatic carbocycles. The van der Waals surface area contributed by atoms with E-state index in [1.807, 2.05) is 0 Å².